The average molecular weight is 346 g/mol. The lowest BCUT2D eigenvalue weighted by molar-refractivity contribution is 0.591. The maximum Gasteiger partial charge on any atom is 0.0358 e. The molecule has 2 heteroatoms. The second-order valence-electron chi connectivity index (χ2n) is 5.41. The minimum absolute atomic E-state index is 0.357. The molecule has 2 rings (SSSR count). The summed E-state index contributed by atoms with van der Waals surface area (Å²) >= 11 is 3.55. The van der Waals surface area contributed by atoms with Crippen molar-refractivity contribution in [3.8, 4) is 0 Å². The van der Waals surface area contributed by atoms with E-state index in [1.165, 1.54) is 22.3 Å². The molecule has 0 saturated carbocycles. The fraction of sp³-hybridized carbons (Fsp3) is 0.368. The van der Waals surface area contributed by atoms with Crippen LogP contribution in [0.4, 0.5) is 0 Å². The third kappa shape index (κ3) is 4.18. The maximum atomic E-state index is 3.55. The van der Waals surface area contributed by atoms with Crippen LogP contribution in [0.15, 0.2) is 46.9 Å². The van der Waals surface area contributed by atoms with Gasteiger partial charge in [-0.05, 0) is 60.7 Å². The first-order valence-electron chi connectivity index (χ1n) is 7.71. The summed E-state index contributed by atoms with van der Waals surface area (Å²) in [6.07, 6.45) is 3.22. The highest BCUT2D eigenvalue weighted by Gasteiger charge is 2.12. The summed E-state index contributed by atoms with van der Waals surface area (Å²) in [6.45, 7) is 4.46. The van der Waals surface area contributed by atoms with Crippen molar-refractivity contribution in [1.29, 1.82) is 0 Å². The molecule has 112 valence electrons. The molecule has 1 nitrogen and oxygen atoms in total. The predicted molar refractivity (Wildman–Crippen MR) is 94.8 cm³/mol. The Bertz CT molecular complexity index is 592. The lowest BCUT2D eigenvalue weighted by Gasteiger charge is -2.19. The number of likely N-dealkylation sites (N-methyl/N-ethyl adjacent to an activating group) is 1. The van der Waals surface area contributed by atoms with Crippen LogP contribution in [0, 0.1) is 0 Å². The Hall–Kier alpha value is -1.12. The third-order valence-corrected chi connectivity index (χ3v) is 4.57. The van der Waals surface area contributed by atoms with E-state index in [2.05, 4.69) is 77.6 Å². The first-order chi connectivity index (χ1) is 10.2. The molecule has 0 heterocycles. The number of halogens is 1. The Labute approximate surface area is 136 Å². The first-order valence-corrected chi connectivity index (χ1v) is 8.50. The second-order valence-corrected chi connectivity index (χ2v) is 6.33. The standard InChI is InChI=1S/C19H24BrN/c1-4-15-9-10-17(13-16(15)5-2)19(21-3)12-14-7-6-8-18(20)11-14/h6-11,13,19,21H,4-5,12H2,1-3H3. The van der Waals surface area contributed by atoms with Gasteiger partial charge in [0, 0.05) is 10.5 Å². The molecule has 0 fully saturated rings. The molecular weight excluding hydrogens is 322 g/mol. The fourth-order valence-corrected chi connectivity index (χ4v) is 3.27. The van der Waals surface area contributed by atoms with Crippen molar-refractivity contribution in [2.45, 2.75) is 39.2 Å². The molecule has 0 saturated heterocycles. The predicted octanol–water partition coefficient (Wildman–Crippen LogP) is 5.08. The first kappa shape index (κ1) is 16.3. The van der Waals surface area contributed by atoms with Crippen LogP contribution in [0.1, 0.15) is 42.1 Å². The summed E-state index contributed by atoms with van der Waals surface area (Å²) in [5.74, 6) is 0. The van der Waals surface area contributed by atoms with E-state index in [9.17, 15) is 0 Å². The molecule has 0 aromatic heterocycles. The van der Waals surface area contributed by atoms with Gasteiger partial charge in [0.05, 0.1) is 0 Å². The number of hydrogen-bond acceptors (Lipinski definition) is 1. The Kier molecular flexibility index (Phi) is 6.01. The molecule has 0 aliphatic carbocycles. The molecule has 1 unspecified atom stereocenters. The van der Waals surface area contributed by atoms with Crippen molar-refractivity contribution in [3.05, 3.63) is 69.2 Å². The van der Waals surface area contributed by atoms with E-state index in [1.54, 1.807) is 0 Å². The Morgan fingerprint density at radius 2 is 1.76 bits per heavy atom. The third-order valence-electron chi connectivity index (χ3n) is 4.07. The van der Waals surface area contributed by atoms with Gasteiger partial charge in [-0.1, -0.05) is 60.1 Å². The van der Waals surface area contributed by atoms with Gasteiger partial charge in [0.25, 0.3) is 0 Å². The zero-order chi connectivity index (χ0) is 15.2. The van der Waals surface area contributed by atoms with Crippen LogP contribution >= 0.6 is 15.9 Å². The normalized spacial score (nSPS) is 12.4. The van der Waals surface area contributed by atoms with Gasteiger partial charge >= 0.3 is 0 Å². The van der Waals surface area contributed by atoms with E-state index in [1.807, 2.05) is 7.05 Å². The summed E-state index contributed by atoms with van der Waals surface area (Å²) in [7, 11) is 2.04. The van der Waals surface area contributed by atoms with E-state index in [4.69, 9.17) is 0 Å². The van der Waals surface area contributed by atoms with Crippen LogP contribution in [0.3, 0.4) is 0 Å². The van der Waals surface area contributed by atoms with Gasteiger partial charge in [-0.3, -0.25) is 0 Å². The summed E-state index contributed by atoms with van der Waals surface area (Å²) < 4.78 is 1.14. The Morgan fingerprint density at radius 1 is 1.00 bits per heavy atom. The minimum Gasteiger partial charge on any atom is -0.313 e. The smallest absolute Gasteiger partial charge is 0.0358 e. The molecule has 0 radical (unpaired) electrons. The van der Waals surface area contributed by atoms with Gasteiger partial charge < -0.3 is 5.32 Å². The monoisotopic (exact) mass is 345 g/mol. The van der Waals surface area contributed by atoms with Crippen molar-refractivity contribution < 1.29 is 0 Å². The minimum atomic E-state index is 0.357. The molecule has 2 aromatic carbocycles. The number of rotatable bonds is 6. The maximum absolute atomic E-state index is 3.55. The van der Waals surface area contributed by atoms with Crippen molar-refractivity contribution in [1.82, 2.24) is 5.32 Å². The van der Waals surface area contributed by atoms with Gasteiger partial charge in [0.1, 0.15) is 0 Å². The van der Waals surface area contributed by atoms with E-state index >= 15 is 0 Å². The molecule has 0 bridgehead atoms. The van der Waals surface area contributed by atoms with Gasteiger partial charge in [-0.15, -0.1) is 0 Å². The largest absolute Gasteiger partial charge is 0.313 e. The molecule has 1 N–H and O–H groups in total. The zero-order valence-electron chi connectivity index (χ0n) is 13.1. The second kappa shape index (κ2) is 7.77. The number of nitrogens with one attached hydrogen (secondary N) is 1. The molecule has 0 aliphatic rings. The van der Waals surface area contributed by atoms with Crippen LogP contribution in [0.5, 0.6) is 0 Å². The molecule has 21 heavy (non-hydrogen) atoms. The molecular formula is C19H24BrN. The van der Waals surface area contributed by atoms with Crippen LogP contribution in [-0.4, -0.2) is 7.05 Å². The highest BCUT2D eigenvalue weighted by atomic mass is 79.9. The average Bonchev–Trinajstić information content (AvgIpc) is 2.52. The van der Waals surface area contributed by atoms with Crippen LogP contribution in [0.25, 0.3) is 0 Å². The lowest BCUT2D eigenvalue weighted by Crippen LogP contribution is -2.19. The van der Waals surface area contributed by atoms with Crippen molar-refractivity contribution in [3.63, 3.8) is 0 Å². The topological polar surface area (TPSA) is 12.0 Å². The van der Waals surface area contributed by atoms with Crippen molar-refractivity contribution in [2.24, 2.45) is 0 Å². The number of hydrogen-bond donors (Lipinski definition) is 1. The highest BCUT2D eigenvalue weighted by molar-refractivity contribution is 9.10. The van der Waals surface area contributed by atoms with Crippen LogP contribution in [-0.2, 0) is 19.3 Å². The van der Waals surface area contributed by atoms with Crippen molar-refractivity contribution >= 4 is 15.9 Å². The van der Waals surface area contributed by atoms with Gasteiger partial charge in [0.15, 0.2) is 0 Å². The SMILES string of the molecule is CCc1ccc(C(Cc2cccc(Br)c2)NC)cc1CC. The van der Waals surface area contributed by atoms with Crippen molar-refractivity contribution in [2.75, 3.05) is 7.05 Å². The Morgan fingerprint density at radius 3 is 2.38 bits per heavy atom. The zero-order valence-corrected chi connectivity index (χ0v) is 14.7. The molecule has 0 aliphatic heterocycles. The fourth-order valence-electron chi connectivity index (χ4n) is 2.82. The Balaban J connectivity index is 2.25. The van der Waals surface area contributed by atoms with Gasteiger partial charge in [0.2, 0.25) is 0 Å². The van der Waals surface area contributed by atoms with Gasteiger partial charge in [-0.2, -0.15) is 0 Å². The van der Waals surface area contributed by atoms with E-state index < -0.39 is 0 Å². The summed E-state index contributed by atoms with van der Waals surface area (Å²) in [4.78, 5) is 0. The molecule has 1 atom stereocenters. The van der Waals surface area contributed by atoms with E-state index in [-0.39, 0.29) is 0 Å². The quantitative estimate of drug-likeness (QED) is 0.769. The molecule has 2 aromatic rings. The van der Waals surface area contributed by atoms with Crippen LogP contribution in [0.2, 0.25) is 0 Å². The van der Waals surface area contributed by atoms with E-state index in [0.717, 1.165) is 23.7 Å². The van der Waals surface area contributed by atoms with Gasteiger partial charge in [-0.25, -0.2) is 0 Å². The lowest BCUT2D eigenvalue weighted by atomic mass is 9.93. The summed E-state index contributed by atoms with van der Waals surface area (Å²) in [5.41, 5.74) is 5.68. The van der Waals surface area contributed by atoms with Crippen LogP contribution < -0.4 is 5.32 Å². The number of aryl methyl sites for hydroxylation is 2. The summed E-state index contributed by atoms with van der Waals surface area (Å²) in [5, 5.41) is 3.46. The molecule has 0 spiro atoms. The molecule has 0 amide bonds. The van der Waals surface area contributed by atoms with E-state index in [0.29, 0.717) is 6.04 Å². The summed E-state index contributed by atoms with van der Waals surface area (Å²) in [6, 6.07) is 15.9. The number of benzene rings is 2. The highest BCUT2D eigenvalue weighted by Crippen LogP contribution is 2.23.